The summed E-state index contributed by atoms with van der Waals surface area (Å²) in [5.41, 5.74) is 6.78. The van der Waals surface area contributed by atoms with Crippen LogP contribution in [0.2, 0.25) is 0 Å². The van der Waals surface area contributed by atoms with Crippen molar-refractivity contribution >= 4 is 32.6 Å². The van der Waals surface area contributed by atoms with E-state index in [1.807, 2.05) is 4.90 Å². The first-order chi connectivity index (χ1) is 13.9. The van der Waals surface area contributed by atoms with Gasteiger partial charge in [0.05, 0.1) is 29.3 Å². The Kier molecular flexibility index (Phi) is 5.70. The molecule has 1 unspecified atom stereocenters. The normalized spacial score (nSPS) is 16.5. The molecule has 5 heteroatoms. The van der Waals surface area contributed by atoms with Crippen molar-refractivity contribution in [3.8, 4) is 0 Å². The smallest absolute Gasteiger partial charge is 0.233 e. The number of nitrogens with zero attached hydrogens (tertiary/aromatic N) is 2. The fourth-order valence-corrected chi connectivity index (χ4v) is 5.17. The summed E-state index contributed by atoms with van der Waals surface area (Å²) in [6.07, 6.45) is 2.53. The van der Waals surface area contributed by atoms with Crippen molar-refractivity contribution in [3.63, 3.8) is 0 Å². The highest BCUT2D eigenvalue weighted by atomic mass is 32.1. The molecule has 1 aliphatic heterocycles. The first-order valence-corrected chi connectivity index (χ1v) is 11.1. The summed E-state index contributed by atoms with van der Waals surface area (Å²) in [6.45, 7) is 9.67. The van der Waals surface area contributed by atoms with Crippen molar-refractivity contribution in [2.45, 2.75) is 53.1 Å². The Morgan fingerprint density at radius 3 is 2.72 bits per heavy atom. The average molecular weight is 409 g/mol. The maximum Gasteiger partial charge on any atom is 0.233 e. The van der Waals surface area contributed by atoms with Gasteiger partial charge in [-0.1, -0.05) is 41.2 Å². The van der Waals surface area contributed by atoms with Crippen LogP contribution in [0.3, 0.4) is 0 Å². The predicted molar refractivity (Wildman–Crippen MR) is 120 cm³/mol. The molecule has 1 aliphatic rings. The summed E-state index contributed by atoms with van der Waals surface area (Å²) in [5, 5.41) is 0.777. The third-order valence-corrected chi connectivity index (χ3v) is 6.63. The summed E-state index contributed by atoms with van der Waals surface area (Å²) in [7, 11) is 0. The maximum atomic E-state index is 13.4. The van der Waals surface area contributed by atoms with Gasteiger partial charge in [-0.2, -0.15) is 0 Å². The van der Waals surface area contributed by atoms with Gasteiger partial charge in [0.15, 0.2) is 5.13 Å². The van der Waals surface area contributed by atoms with Gasteiger partial charge in [0, 0.05) is 6.61 Å². The molecule has 1 fully saturated rings. The minimum Gasteiger partial charge on any atom is -0.376 e. The summed E-state index contributed by atoms with van der Waals surface area (Å²) >= 11 is 1.60. The van der Waals surface area contributed by atoms with Gasteiger partial charge in [-0.25, -0.2) is 4.98 Å². The van der Waals surface area contributed by atoms with Crippen LogP contribution >= 0.6 is 11.3 Å². The average Bonchev–Trinajstić information content (AvgIpc) is 3.32. The Labute approximate surface area is 176 Å². The van der Waals surface area contributed by atoms with Crippen LogP contribution in [0.15, 0.2) is 30.3 Å². The SMILES string of the molecule is Cc1ccc(C)c(CC(=O)N(CC2CCCO2)c2nc3c(C)cc(C)cc3s2)c1. The number of benzene rings is 2. The van der Waals surface area contributed by atoms with E-state index in [9.17, 15) is 4.79 Å². The molecule has 0 radical (unpaired) electrons. The zero-order chi connectivity index (χ0) is 20.5. The quantitative estimate of drug-likeness (QED) is 0.576. The number of hydrogen-bond donors (Lipinski definition) is 0. The molecule has 3 aromatic rings. The molecule has 0 saturated carbocycles. The topological polar surface area (TPSA) is 42.4 Å². The lowest BCUT2D eigenvalue weighted by molar-refractivity contribution is -0.118. The number of fused-ring (bicyclic) bond motifs is 1. The van der Waals surface area contributed by atoms with Gasteiger partial charge in [-0.05, 0) is 68.9 Å². The third-order valence-electron chi connectivity index (χ3n) is 5.61. The van der Waals surface area contributed by atoms with Crippen LogP contribution in [0.1, 0.15) is 40.7 Å². The molecule has 0 N–H and O–H groups in total. The van der Waals surface area contributed by atoms with Crippen molar-refractivity contribution in [2.24, 2.45) is 0 Å². The lowest BCUT2D eigenvalue weighted by Crippen LogP contribution is -2.38. The van der Waals surface area contributed by atoms with Gasteiger partial charge in [0.1, 0.15) is 0 Å². The van der Waals surface area contributed by atoms with Crippen LogP contribution in [0.25, 0.3) is 10.2 Å². The molecular formula is C24H28N2O2S. The Morgan fingerprint density at radius 1 is 1.14 bits per heavy atom. The number of amides is 1. The highest BCUT2D eigenvalue weighted by Gasteiger charge is 2.26. The molecule has 1 saturated heterocycles. The molecule has 1 amide bonds. The van der Waals surface area contributed by atoms with E-state index < -0.39 is 0 Å². The largest absolute Gasteiger partial charge is 0.376 e. The molecular weight excluding hydrogens is 380 g/mol. The maximum absolute atomic E-state index is 13.4. The van der Waals surface area contributed by atoms with Crippen molar-refractivity contribution in [3.05, 3.63) is 58.1 Å². The molecule has 4 rings (SSSR count). The van der Waals surface area contributed by atoms with E-state index in [2.05, 4.69) is 58.0 Å². The molecule has 0 spiro atoms. The second-order valence-electron chi connectivity index (χ2n) is 8.17. The number of carbonyl (C=O) groups excluding carboxylic acids is 1. The van der Waals surface area contributed by atoms with E-state index in [0.29, 0.717) is 13.0 Å². The van der Waals surface area contributed by atoms with Crippen molar-refractivity contribution < 1.29 is 9.53 Å². The Balaban J connectivity index is 1.68. The molecule has 2 heterocycles. The second kappa shape index (κ2) is 8.25. The molecule has 2 aromatic carbocycles. The summed E-state index contributed by atoms with van der Waals surface area (Å²) < 4.78 is 6.98. The van der Waals surface area contributed by atoms with Crippen LogP contribution in [-0.2, 0) is 16.0 Å². The fourth-order valence-electron chi connectivity index (χ4n) is 4.00. The molecule has 0 aliphatic carbocycles. The second-order valence-corrected chi connectivity index (χ2v) is 9.18. The lowest BCUT2D eigenvalue weighted by atomic mass is 10.0. The van der Waals surface area contributed by atoms with Gasteiger partial charge >= 0.3 is 0 Å². The van der Waals surface area contributed by atoms with E-state index in [1.54, 1.807) is 11.3 Å². The molecule has 1 aromatic heterocycles. The minimum absolute atomic E-state index is 0.0858. The van der Waals surface area contributed by atoms with Crippen LogP contribution in [-0.4, -0.2) is 30.1 Å². The van der Waals surface area contributed by atoms with Crippen molar-refractivity contribution in [1.29, 1.82) is 0 Å². The number of aryl methyl sites for hydroxylation is 4. The summed E-state index contributed by atoms with van der Waals surface area (Å²) in [5.74, 6) is 0.0858. The Morgan fingerprint density at radius 2 is 1.97 bits per heavy atom. The monoisotopic (exact) mass is 408 g/mol. The molecule has 152 valence electrons. The highest BCUT2D eigenvalue weighted by molar-refractivity contribution is 7.22. The number of thiazole rings is 1. The van der Waals surface area contributed by atoms with Crippen LogP contribution in [0, 0.1) is 27.7 Å². The number of rotatable bonds is 5. The lowest BCUT2D eigenvalue weighted by Gasteiger charge is -2.23. The molecule has 1 atom stereocenters. The predicted octanol–water partition coefficient (Wildman–Crippen LogP) is 5.28. The van der Waals surface area contributed by atoms with Crippen LogP contribution < -0.4 is 4.90 Å². The van der Waals surface area contributed by atoms with E-state index >= 15 is 0 Å². The zero-order valence-corrected chi connectivity index (χ0v) is 18.4. The zero-order valence-electron chi connectivity index (χ0n) is 17.6. The van der Waals surface area contributed by atoms with E-state index in [-0.39, 0.29) is 12.0 Å². The van der Waals surface area contributed by atoms with E-state index in [4.69, 9.17) is 9.72 Å². The standard InChI is InChI=1S/C24H28N2O2S/c1-15-7-8-17(3)19(11-15)13-22(27)26(14-20-6-5-9-28-20)24-25-23-18(4)10-16(2)12-21(23)29-24/h7-8,10-12,20H,5-6,9,13-14H2,1-4H3. The van der Waals surface area contributed by atoms with Crippen molar-refractivity contribution in [1.82, 2.24) is 4.98 Å². The minimum atomic E-state index is 0.0858. The number of carbonyl (C=O) groups is 1. The number of aromatic nitrogens is 1. The van der Waals surface area contributed by atoms with Gasteiger partial charge < -0.3 is 4.74 Å². The summed E-state index contributed by atoms with van der Waals surface area (Å²) in [6, 6.07) is 10.6. The molecule has 0 bridgehead atoms. The number of anilines is 1. The Bertz CT molecular complexity index is 1050. The summed E-state index contributed by atoms with van der Waals surface area (Å²) in [4.78, 5) is 20.2. The van der Waals surface area contributed by atoms with Gasteiger partial charge in [0.2, 0.25) is 5.91 Å². The van der Waals surface area contributed by atoms with E-state index in [0.717, 1.165) is 51.5 Å². The first kappa shape index (κ1) is 20.0. The number of hydrogen-bond acceptors (Lipinski definition) is 4. The van der Waals surface area contributed by atoms with Gasteiger partial charge in [0.25, 0.3) is 0 Å². The van der Waals surface area contributed by atoms with Gasteiger partial charge in [-0.3, -0.25) is 9.69 Å². The highest BCUT2D eigenvalue weighted by Crippen LogP contribution is 2.33. The molecule has 29 heavy (non-hydrogen) atoms. The third kappa shape index (κ3) is 4.36. The van der Waals surface area contributed by atoms with E-state index in [1.165, 1.54) is 11.1 Å². The fraction of sp³-hybridized carbons (Fsp3) is 0.417. The van der Waals surface area contributed by atoms with Gasteiger partial charge in [-0.15, -0.1) is 0 Å². The number of ether oxygens (including phenoxy) is 1. The van der Waals surface area contributed by atoms with Crippen LogP contribution in [0.4, 0.5) is 5.13 Å². The molecule has 4 nitrogen and oxygen atoms in total. The first-order valence-electron chi connectivity index (χ1n) is 10.3. The Hall–Kier alpha value is -2.24. The van der Waals surface area contributed by atoms with Crippen molar-refractivity contribution in [2.75, 3.05) is 18.1 Å². The van der Waals surface area contributed by atoms with Crippen LogP contribution in [0.5, 0.6) is 0 Å².